The highest BCUT2D eigenvalue weighted by molar-refractivity contribution is 6.30. The molecule has 0 spiro atoms. The fraction of sp³-hybridized carbons (Fsp3) is 0.250. The van der Waals surface area contributed by atoms with Gasteiger partial charge in [-0.2, -0.15) is 5.26 Å². The molecular weight excluding hydrogens is 398 g/mol. The van der Waals surface area contributed by atoms with E-state index >= 15 is 0 Å². The van der Waals surface area contributed by atoms with E-state index in [4.69, 9.17) is 16.3 Å². The van der Waals surface area contributed by atoms with Gasteiger partial charge in [0.05, 0.1) is 6.61 Å². The molecule has 2 aromatic carbocycles. The third-order valence-electron chi connectivity index (χ3n) is 4.91. The SMILES string of the molecule is CCOC(=O)C(C#N)=CC=C(c1ccc(Cl)cc1)N1CCN(c2ccccc2)CC1. The molecule has 2 aromatic rings. The Balaban J connectivity index is 1.84. The van der Waals surface area contributed by atoms with Crippen LogP contribution in [-0.2, 0) is 9.53 Å². The Bertz CT molecular complexity index is 954. The van der Waals surface area contributed by atoms with E-state index in [1.165, 1.54) is 11.8 Å². The number of hydrogen-bond acceptors (Lipinski definition) is 5. The van der Waals surface area contributed by atoms with Gasteiger partial charge >= 0.3 is 5.97 Å². The number of halogens is 1. The number of nitriles is 1. The molecule has 0 unspecified atom stereocenters. The molecule has 1 aliphatic rings. The molecule has 0 aliphatic carbocycles. The first-order chi connectivity index (χ1) is 14.6. The summed E-state index contributed by atoms with van der Waals surface area (Å²) in [6.45, 7) is 5.33. The maximum atomic E-state index is 12.0. The summed E-state index contributed by atoms with van der Waals surface area (Å²) >= 11 is 6.06. The number of ether oxygens (including phenoxy) is 1. The normalized spacial score (nSPS) is 15.0. The van der Waals surface area contributed by atoms with Crippen LogP contribution in [0, 0.1) is 11.3 Å². The Kier molecular flexibility index (Phi) is 7.53. The van der Waals surface area contributed by atoms with Crippen LogP contribution in [0.3, 0.4) is 0 Å². The van der Waals surface area contributed by atoms with Crippen LogP contribution < -0.4 is 4.90 Å². The Morgan fingerprint density at radius 2 is 1.73 bits per heavy atom. The number of carbonyl (C=O) groups excluding carboxylic acids is 1. The molecule has 154 valence electrons. The second kappa shape index (κ2) is 10.5. The molecule has 1 fully saturated rings. The molecule has 0 bridgehead atoms. The van der Waals surface area contributed by atoms with Crippen LogP contribution in [0.25, 0.3) is 5.70 Å². The van der Waals surface area contributed by atoms with Crippen LogP contribution in [0.4, 0.5) is 5.69 Å². The van der Waals surface area contributed by atoms with Crippen molar-refractivity contribution in [2.24, 2.45) is 0 Å². The van der Waals surface area contributed by atoms with Gasteiger partial charge in [-0.1, -0.05) is 41.9 Å². The van der Waals surface area contributed by atoms with Gasteiger partial charge in [-0.25, -0.2) is 4.79 Å². The zero-order valence-corrected chi connectivity index (χ0v) is 17.7. The topological polar surface area (TPSA) is 56.6 Å². The number of para-hydroxylation sites is 1. The lowest BCUT2D eigenvalue weighted by molar-refractivity contribution is -0.138. The second-order valence-electron chi connectivity index (χ2n) is 6.78. The van der Waals surface area contributed by atoms with Crippen LogP contribution >= 0.6 is 11.6 Å². The van der Waals surface area contributed by atoms with E-state index in [2.05, 4.69) is 21.9 Å². The molecule has 0 N–H and O–H groups in total. The highest BCUT2D eigenvalue weighted by Crippen LogP contribution is 2.25. The van der Waals surface area contributed by atoms with E-state index in [-0.39, 0.29) is 12.2 Å². The third kappa shape index (κ3) is 5.43. The van der Waals surface area contributed by atoms with Crippen molar-refractivity contribution in [2.75, 3.05) is 37.7 Å². The maximum absolute atomic E-state index is 12.0. The quantitative estimate of drug-likeness (QED) is 0.297. The van der Waals surface area contributed by atoms with Gasteiger partial charge in [-0.15, -0.1) is 0 Å². The molecule has 0 saturated carbocycles. The number of benzene rings is 2. The first-order valence-corrected chi connectivity index (χ1v) is 10.3. The third-order valence-corrected chi connectivity index (χ3v) is 5.16. The summed E-state index contributed by atoms with van der Waals surface area (Å²) in [4.78, 5) is 16.6. The van der Waals surface area contributed by atoms with Gasteiger partial charge in [0.2, 0.25) is 0 Å². The average Bonchev–Trinajstić information content (AvgIpc) is 2.79. The number of nitrogens with zero attached hydrogens (tertiary/aromatic N) is 3. The first kappa shape index (κ1) is 21.5. The van der Waals surface area contributed by atoms with Crippen molar-refractivity contribution in [1.82, 2.24) is 4.90 Å². The Morgan fingerprint density at radius 3 is 2.33 bits per heavy atom. The van der Waals surface area contributed by atoms with Crippen molar-refractivity contribution in [3.05, 3.63) is 82.9 Å². The van der Waals surface area contributed by atoms with Gasteiger partial charge in [-0.05, 0) is 48.9 Å². The predicted octanol–water partition coefficient (Wildman–Crippen LogP) is 4.52. The van der Waals surface area contributed by atoms with E-state index in [0.29, 0.717) is 5.02 Å². The van der Waals surface area contributed by atoms with Crippen molar-refractivity contribution < 1.29 is 9.53 Å². The minimum atomic E-state index is -0.611. The number of piperazine rings is 1. The summed E-state index contributed by atoms with van der Waals surface area (Å²) in [6, 6.07) is 19.8. The molecule has 1 aliphatic heterocycles. The van der Waals surface area contributed by atoms with E-state index in [9.17, 15) is 10.1 Å². The number of allylic oxidation sites excluding steroid dienone is 2. The summed E-state index contributed by atoms with van der Waals surface area (Å²) in [6.07, 6.45) is 3.35. The summed E-state index contributed by atoms with van der Waals surface area (Å²) in [5.41, 5.74) is 3.11. The average molecular weight is 422 g/mol. The molecule has 30 heavy (non-hydrogen) atoms. The molecular formula is C24H24ClN3O2. The van der Waals surface area contributed by atoms with Crippen molar-refractivity contribution in [3.8, 4) is 6.07 Å². The Hall–Kier alpha value is -3.23. The minimum Gasteiger partial charge on any atom is -0.462 e. The Morgan fingerprint density at radius 1 is 1.07 bits per heavy atom. The summed E-state index contributed by atoms with van der Waals surface area (Å²) < 4.78 is 4.96. The summed E-state index contributed by atoms with van der Waals surface area (Å²) in [5, 5.41) is 9.99. The van der Waals surface area contributed by atoms with Crippen LogP contribution in [0.15, 0.2) is 72.3 Å². The van der Waals surface area contributed by atoms with Crippen molar-refractivity contribution in [3.63, 3.8) is 0 Å². The van der Waals surface area contributed by atoms with Gasteiger partial charge in [0.1, 0.15) is 11.6 Å². The second-order valence-corrected chi connectivity index (χ2v) is 7.22. The number of rotatable bonds is 6. The number of esters is 1. The molecule has 0 atom stereocenters. The zero-order valence-electron chi connectivity index (χ0n) is 16.9. The monoisotopic (exact) mass is 421 g/mol. The molecule has 0 radical (unpaired) electrons. The highest BCUT2D eigenvalue weighted by atomic mass is 35.5. The van der Waals surface area contributed by atoms with E-state index in [1.54, 1.807) is 6.92 Å². The minimum absolute atomic E-state index is 0.0220. The van der Waals surface area contributed by atoms with Crippen LogP contribution in [0.2, 0.25) is 5.02 Å². The smallest absolute Gasteiger partial charge is 0.348 e. The van der Waals surface area contributed by atoms with Crippen molar-refractivity contribution in [2.45, 2.75) is 6.92 Å². The fourth-order valence-corrected chi connectivity index (χ4v) is 3.50. The van der Waals surface area contributed by atoms with Crippen LogP contribution in [-0.4, -0.2) is 43.7 Å². The van der Waals surface area contributed by atoms with Gasteiger partial charge in [0, 0.05) is 42.6 Å². The molecule has 1 saturated heterocycles. The van der Waals surface area contributed by atoms with Gasteiger partial charge < -0.3 is 14.5 Å². The standard InChI is InChI=1S/C24H24ClN3O2/c1-2-30-24(29)20(18-26)10-13-23(19-8-11-21(25)12-9-19)28-16-14-27(15-17-28)22-6-4-3-5-7-22/h3-13H,2,14-17H2,1H3. The summed E-state index contributed by atoms with van der Waals surface area (Å²) in [7, 11) is 0. The predicted molar refractivity (Wildman–Crippen MR) is 120 cm³/mol. The lowest BCUT2D eigenvalue weighted by Crippen LogP contribution is -2.45. The molecule has 3 rings (SSSR count). The molecule has 0 amide bonds. The molecule has 1 heterocycles. The highest BCUT2D eigenvalue weighted by Gasteiger charge is 2.20. The molecule has 6 heteroatoms. The van der Waals surface area contributed by atoms with Crippen LogP contribution in [0.5, 0.6) is 0 Å². The van der Waals surface area contributed by atoms with E-state index in [1.807, 2.05) is 54.6 Å². The Labute approximate surface area is 182 Å². The zero-order chi connectivity index (χ0) is 21.3. The van der Waals surface area contributed by atoms with Crippen LogP contribution in [0.1, 0.15) is 12.5 Å². The fourth-order valence-electron chi connectivity index (χ4n) is 3.37. The molecule has 0 aromatic heterocycles. The summed E-state index contributed by atoms with van der Waals surface area (Å²) in [5.74, 6) is -0.611. The largest absolute Gasteiger partial charge is 0.462 e. The van der Waals surface area contributed by atoms with E-state index < -0.39 is 5.97 Å². The number of anilines is 1. The van der Waals surface area contributed by atoms with Gasteiger partial charge in [0.25, 0.3) is 0 Å². The number of hydrogen-bond donors (Lipinski definition) is 0. The van der Waals surface area contributed by atoms with Gasteiger partial charge in [0.15, 0.2) is 0 Å². The van der Waals surface area contributed by atoms with Crippen molar-refractivity contribution in [1.29, 1.82) is 5.26 Å². The van der Waals surface area contributed by atoms with Gasteiger partial charge in [-0.3, -0.25) is 0 Å². The molecule has 5 nitrogen and oxygen atoms in total. The lowest BCUT2D eigenvalue weighted by atomic mass is 10.1. The number of carbonyl (C=O) groups is 1. The first-order valence-electron chi connectivity index (χ1n) is 9.92. The van der Waals surface area contributed by atoms with Crippen molar-refractivity contribution >= 4 is 29.0 Å². The van der Waals surface area contributed by atoms with E-state index in [0.717, 1.165) is 37.4 Å². The maximum Gasteiger partial charge on any atom is 0.348 e. The lowest BCUT2D eigenvalue weighted by Gasteiger charge is -2.38.